The zero-order chi connectivity index (χ0) is 23.1. The highest BCUT2D eigenvalue weighted by atomic mass is 32.2. The van der Waals surface area contributed by atoms with Crippen molar-refractivity contribution >= 4 is 10.0 Å². The van der Waals surface area contributed by atoms with Crippen molar-refractivity contribution < 1.29 is 21.6 Å². The van der Waals surface area contributed by atoms with Gasteiger partial charge in [-0.1, -0.05) is 36.4 Å². The summed E-state index contributed by atoms with van der Waals surface area (Å²) in [7, 11) is -4.07. The van der Waals surface area contributed by atoms with E-state index in [0.717, 1.165) is 44.6 Å². The smallest absolute Gasteiger partial charge is 0.298 e. The normalized spacial score (nSPS) is 24.4. The first kappa shape index (κ1) is 23.3. The highest BCUT2D eigenvalue weighted by molar-refractivity contribution is 7.89. The van der Waals surface area contributed by atoms with Gasteiger partial charge < -0.3 is 0 Å². The van der Waals surface area contributed by atoms with Crippen LogP contribution in [0.2, 0.25) is 0 Å². The molecule has 0 amide bonds. The van der Waals surface area contributed by atoms with Crippen molar-refractivity contribution in [2.75, 3.05) is 13.1 Å². The zero-order valence-corrected chi connectivity index (χ0v) is 19.1. The number of hydrogen-bond donors (Lipinski definition) is 0. The number of fused-ring (bicyclic) bond motifs is 1. The van der Waals surface area contributed by atoms with Gasteiger partial charge in [-0.05, 0) is 62.3 Å². The summed E-state index contributed by atoms with van der Waals surface area (Å²) in [5.41, 5.74) is 0.280. The lowest BCUT2D eigenvalue weighted by Crippen LogP contribution is -2.47. The molecule has 2 aromatic rings. The predicted octanol–water partition coefficient (Wildman–Crippen LogP) is 5.02. The van der Waals surface area contributed by atoms with E-state index in [9.17, 15) is 21.6 Å². The maximum atomic E-state index is 13.5. The molecule has 2 aliphatic rings. The molecular formula is C24H29F3N2O2S. The SMILES string of the molecule is CC(C)N([C@H]1CC[C@@H]2CN(Cc3ccccc3)C[C@@H]21)S(=O)(=O)c1cccc(C(F)(F)F)c1. The number of nitrogens with zero attached hydrogens (tertiary/aromatic N) is 2. The predicted molar refractivity (Wildman–Crippen MR) is 117 cm³/mol. The van der Waals surface area contributed by atoms with E-state index in [2.05, 4.69) is 17.0 Å². The molecular weight excluding hydrogens is 437 g/mol. The molecule has 0 unspecified atom stereocenters. The number of hydrogen-bond acceptors (Lipinski definition) is 3. The molecule has 8 heteroatoms. The number of benzene rings is 2. The van der Waals surface area contributed by atoms with Crippen LogP contribution < -0.4 is 0 Å². The minimum Gasteiger partial charge on any atom is -0.298 e. The summed E-state index contributed by atoms with van der Waals surface area (Å²) in [5, 5.41) is 0. The fraction of sp³-hybridized carbons (Fsp3) is 0.500. The third-order valence-electron chi connectivity index (χ3n) is 6.72. The van der Waals surface area contributed by atoms with Gasteiger partial charge in [0.05, 0.1) is 10.5 Å². The Balaban J connectivity index is 1.58. The van der Waals surface area contributed by atoms with Crippen LogP contribution >= 0.6 is 0 Å². The quantitative estimate of drug-likeness (QED) is 0.601. The van der Waals surface area contributed by atoms with Crippen LogP contribution in [-0.4, -0.2) is 42.8 Å². The average Bonchev–Trinajstić information content (AvgIpc) is 3.29. The molecule has 2 aromatic carbocycles. The molecule has 1 heterocycles. The molecule has 1 saturated carbocycles. The Bertz CT molecular complexity index is 1040. The van der Waals surface area contributed by atoms with Crippen molar-refractivity contribution in [3.8, 4) is 0 Å². The zero-order valence-electron chi connectivity index (χ0n) is 18.3. The molecule has 1 aliphatic heterocycles. The Morgan fingerprint density at radius 2 is 1.75 bits per heavy atom. The number of likely N-dealkylation sites (tertiary alicyclic amines) is 1. The maximum Gasteiger partial charge on any atom is 0.416 e. The molecule has 174 valence electrons. The Hall–Kier alpha value is -1.90. The van der Waals surface area contributed by atoms with Crippen LogP contribution in [0, 0.1) is 11.8 Å². The van der Waals surface area contributed by atoms with Crippen LogP contribution in [0.25, 0.3) is 0 Å². The van der Waals surface area contributed by atoms with E-state index >= 15 is 0 Å². The number of alkyl halides is 3. The van der Waals surface area contributed by atoms with E-state index in [1.54, 1.807) is 13.8 Å². The Morgan fingerprint density at radius 3 is 2.41 bits per heavy atom. The molecule has 4 rings (SSSR count). The van der Waals surface area contributed by atoms with E-state index in [-0.39, 0.29) is 22.9 Å². The number of rotatable bonds is 6. The Labute approximate surface area is 188 Å². The molecule has 1 saturated heterocycles. The molecule has 0 spiro atoms. The second kappa shape index (κ2) is 8.80. The summed E-state index contributed by atoms with van der Waals surface area (Å²) < 4.78 is 68.2. The number of sulfonamides is 1. The van der Waals surface area contributed by atoms with Crippen LogP contribution in [0.3, 0.4) is 0 Å². The highest BCUT2D eigenvalue weighted by Gasteiger charge is 2.48. The molecule has 0 aromatic heterocycles. The van der Waals surface area contributed by atoms with Gasteiger partial charge in [0, 0.05) is 31.7 Å². The third kappa shape index (κ3) is 4.58. The summed E-state index contributed by atoms with van der Waals surface area (Å²) in [5.74, 6) is 0.586. The fourth-order valence-corrected chi connectivity index (χ4v) is 7.35. The fourth-order valence-electron chi connectivity index (χ4n) is 5.41. The van der Waals surface area contributed by atoms with Crippen molar-refractivity contribution in [2.45, 2.75) is 56.4 Å². The van der Waals surface area contributed by atoms with Crippen LogP contribution in [0.5, 0.6) is 0 Å². The van der Waals surface area contributed by atoms with Crippen molar-refractivity contribution in [1.29, 1.82) is 0 Å². The van der Waals surface area contributed by atoms with Crippen molar-refractivity contribution in [3.05, 3.63) is 65.7 Å². The molecule has 3 atom stereocenters. The van der Waals surface area contributed by atoms with E-state index in [1.165, 1.54) is 22.0 Å². The van der Waals surface area contributed by atoms with Gasteiger partial charge in [-0.3, -0.25) is 4.90 Å². The summed E-state index contributed by atoms with van der Waals surface area (Å²) in [4.78, 5) is 2.08. The molecule has 2 fully saturated rings. The molecule has 4 nitrogen and oxygen atoms in total. The second-order valence-electron chi connectivity index (χ2n) is 9.20. The van der Waals surface area contributed by atoms with Gasteiger partial charge in [-0.2, -0.15) is 17.5 Å². The lowest BCUT2D eigenvalue weighted by Gasteiger charge is -2.35. The first-order valence-corrected chi connectivity index (χ1v) is 12.5. The van der Waals surface area contributed by atoms with Gasteiger partial charge in [0.1, 0.15) is 0 Å². The van der Waals surface area contributed by atoms with Crippen molar-refractivity contribution in [2.24, 2.45) is 11.8 Å². The van der Waals surface area contributed by atoms with Gasteiger partial charge in [0.2, 0.25) is 10.0 Å². The highest BCUT2D eigenvalue weighted by Crippen LogP contribution is 2.43. The van der Waals surface area contributed by atoms with Crippen molar-refractivity contribution in [3.63, 3.8) is 0 Å². The van der Waals surface area contributed by atoms with Gasteiger partial charge in [0.15, 0.2) is 0 Å². The first-order valence-electron chi connectivity index (χ1n) is 11.0. The molecule has 0 N–H and O–H groups in total. The van der Waals surface area contributed by atoms with Gasteiger partial charge in [-0.15, -0.1) is 0 Å². The minimum atomic E-state index is -4.59. The van der Waals surface area contributed by atoms with Gasteiger partial charge in [-0.25, -0.2) is 8.42 Å². The monoisotopic (exact) mass is 466 g/mol. The first-order chi connectivity index (χ1) is 15.1. The Kier molecular flexibility index (Phi) is 6.40. The van der Waals surface area contributed by atoms with Gasteiger partial charge >= 0.3 is 6.18 Å². The summed E-state index contributed by atoms with van der Waals surface area (Å²) in [6.45, 7) is 6.14. The molecule has 0 bridgehead atoms. The number of halogens is 3. The summed E-state index contributed by atoms with van der Waals surface area (Å²) in [6.07, 6.45) is -2.91. The van der Waals surface area contributed by atoms with Gasteiger partial charge in [0.25, 0.3) is 0 Å². The maximum absolute atomic E-state index is 13.5. The third-order valence-corrected chi connectivity index (χ3v) is 8.81. The minimum absolute atomic E-state index is 0.182. The largest absolute Gasteiger partial charge is 0.416 e. The Morgan fingerprint density at radius 1 is 1.03 bits per heavy atom. The van der Waals surface area contributed by atoms with E-state index < -0.39 is 21.8 Å². The van der Waals surface area contributed by atoms with Crippen LogP contribution in [-0.2, 0) is 22.7 Å². The molecule has 32 heavy (non-hydrogen) atoms. The molecule has 1 aliphatic carbocycles. The summed E-state index contributed by atoms with van der Waals surface area (Å²) in [6, 6.07) is 13.7. The summed E-state index contributed by atoms with van der Waals surface area (Å²) >= 11 is 0. The molecule has 0 radical (unpaired) electrons. The van der Waals surface area contributed by atoms with Crippen LogP contribution in [0.1, 0.15) is 37.8 Å². The topological polar surface area (TPSA) is 40.6 Å². The second-order valence-corrected chi connectivity index (χ2v) is 11.0. The van der Waals surface area contributed by atoms with Crippen LogP contribution in [0.15, 0.2) is 59.5 Å². The standard InChI is InChI=1S/C24H29F3N2O2S/c1-17(2)29(32(30,31)21-10-6-9-20(13-21)24(25,26)27)23-12-11-19-15-28(16-22(19)23)14-18-7-4-3-5-8-18/h3-10,13,17,19,22-23H,11-12,14-16H2,1-2H3/t19-,22+,23+/m1/s1. The van der Waals surface area contributed by atoms with Crippen molar-refractivity contribution in [1.82, 2.24) is 9.21 Å². The average molecular weight is 467 g/mol. The lowest BCUT2D eigenvalue weighted by atomic mass is 9.97. The lowest BCUT2D eigenvalue weighted by molar-refractivity contribution is -0.137. The van der Waals surface area contributed by atoms with Crippen LogP contribution in [0.4, 0.5) is 13.2 Å². The van der Waals surface area contributed by atoms with E-state index in [1.807, 2.05) is 18.2 Å². The van der Waals surface area contributed by atoms with E-state index in [4.69, 9.17) is 0 Å². The van der Waals surface area contributed by atoms with E-state index in [0.29, 0.717) is 5.92 Å².